The Balaban J connectivity index is 0.000000173. The molecule has 7 N–H and O–H groups in total. The van der Waals surface area contributed by atoms with Crippen molar-refractivity contribution in [3.05, 3.63) is 376 Å². The van der Waals surface area contributed by atoms with Gasteiger partial charge in [-0.05, 0) is 273 Å². The second-order valence-corrected chi connectivity index (χ2v) is 33.3. The van der Waals surface area contributed by atoms with Crippen LogP contribution in [0.2, 0.25) is 0 Å². The van der Waals surface area contributed by atoms with Gasteiger partial charge in [-0.2, -0.15) is 0 Å². The van der Waals surface area contributed by atoms with Crippen LogP contribution in [0, 0.1) is 23.7 Å². The summed E-state index contributed by atoms with van der Waals surface area (Å²) >= 11 is 0. The van der Waals surface area contributed by atoms with Gasteiger partial charge < -0.3 is 31.3 Å². The zero-order valence-corrected chi connectivity index (χ0v) is 67.8. The Morgan fingerprint density at radius 1 is 0.229 bits per heavy atom. The number of fused-ring (bicyclic) bond motifs is 4. The normalized spacial score (nSPS) is 18.0. The number of hydrogen-bond acceptors (Lipinski definition) is 4. The lowest BCUT2D eigenvalue weighted by Crippen LogP contribution is -2.47. The van der Waals surface area contributed by atoms with Crippen molar-refractivity contribution in [2.45, 2.75) is 127 Å². The summed E-state index contributed by atoms with van der Waals surface area (Å²) in [5.41, 5.74) is 27.8. The van der Waals surface area contributed by atoms with Crippen molar-refractivity contribution >= 4 is 55.5 Å². The van der Waals surface area contributed by atoms with Crippen LogP contribution in [0.1, 0.15) is 121 Å². The molecule has 6 heteroatoms. The molecule has 4 saturated carbocycles. The SMILES string of the molecule is N.O.O.c1ccc(-c2ccc(-c3ccc(N(C4CCC(c5ccc(-c6cccc(-c7ccccc7)c6)cc5)CC4)C4CCC(C5CCC(C6CCCCC6)CC5)CC4)cc3)cc2)cc1.c1ccc(-c2cccc(-c3ccc(N(c4ccc(-c5cccc6ccccc56)cc4)c4ccc(-c5cccc6c5oc5ccccc56)cc4)cc3)c2)cc1. The minimum absolute atomic E-state index is 0. The lowest BCUT2D eigenvalue weighted by Gasteiger charge is -2.47. The molecule has 4 aliphatic carbocycles. The first-order valence-electron chi connectivity index (χ1n) is 42.9. The van der Waals surface area contributed by atoms with Crippen LogP contribution >= 0.6 is 0 Å². The molecule has 0 amide bonds. The van der Waals surface area contributed by atoms with E-state index in [0.717, 1.165) is 73.8 Å². The first-order valence-corrected chi connectivity index (χ1v) is 42.9. The second kappa shape index (κ2) is 37.0. The standard InChI is InChI=1S/C60H67N.C52H35NO.H3N.2H2O/c1-4-11-44(12-5-1)47-19-23-49(24-20-47)52-31-37-58(38-32-52)61(59-39-33-53(34-40-59)50-25-21-48(22-26-50)45-13-6-2-7-14-45)60-41-35-54(36-42-60)51-27-29-55(30-28-51)57-18-10-17-56(43-57)46-15-8-3-9-16-46;1-2-11-36(12-3-1)41-15-8-16-42(35-41)37-23-29-43(30-24-37)53(44-31-25-39(26-32-44)47-19-9-14-38-13-4-5-17-46(38)47)45-33-27-40(28-34-45)48-20-10-21-50-49-18-6-7-22-51(49)54-52(48)50;;;/h1,3-5,8-12,15-20,23-24,27-32,37-38,43,45,48,50,53-54,59-60H,2,6-7,13-14,21-22,25-26,33-36,39-42H2;1-35H;1H3;2*1H2. The maximum absolute atomic E-state index is 6.40. The highest BCUT2D eigenvalue weighted by atomic mass is 16.3. The highest BCUT2D eigenvalue weighted by Gasteiger charge is 2.38. The number of furan rings is 1. The van der Waals surface area contributed by atoms with Gasteiger partial charge in [0, 0.05) is 51.2 Å². The highest BCUT2D eigenvalue weighted by molar-refractivity contribution is 6.09. The quantitative estimate of drug-likeness (QED) is 0.0977. The maximum atomic E-state index is 6.40. The van der Waals surface area contributed by atoms with Gasteiger partial charge in [-0.3, -0.25) is 0 Å². The van der Waals surface area contributed by atoms with Crippen molar-refractivity contribution in [2.75, 3.05) is 9.80 Å². The van der Waals surface area contributed by atoms with E-state index >= 15 is 0 Å². The number of para-hydroxylation sites is 2. The van der Waals surface area contributed by atoms with Crippen LogP contribution in [0.5, 0.6) is 0 Å². The zero-order valence-electron chi connectivity index (χ0n) is 67.8. The van der Waals surface area contributed by atoms with Gasteiger partial charge in [0.2, 0.25) is 0 Å². The average Bonchev–Trinajstić information content (AvgIpc) is 1.61. The molecule has 0 spiro atoms. The maximum Gasteiger partial charge on any atom is 0.143 e. The van der Waals surface area contributed by atoms with Gasteiger partial charge in [0.05, 0.1) is 0 Å². The topological polar surface area (TPSA) is 118 Å². The molecule has 1 aromatic heterocycles. The monoisotopic (exact) mass is 1540 g/mol. The Kier molecular flexibility index (Phi) is 25.0. The fourth-order valence-corrected chi connectivity index (χ4v) is 20.5. The first kappa shape index (κ1) is 79.7. The van der Waals surface area contributed by atoms with Gasteiger partial charge in [-0.15, -0.1) is 0 Å². The van der Waals surface area contributed by atoms with Gasteiger partial charge in [0.25, 0.3) is 0 Å². The van der Waals surface area contributed by atoms with Gasteiger partial charge in [0.1, 0.15) is 11.2 Å². The van der Waals surface area contributed by atoms with E-state index in [1.54, 1.807) is 0 Å². The molecule has 0 radical (unpaired) electrons. The minimum Gasteiger partial charge on any atom is -0.455 e. The van der Waals surface area contributed by atoms with E-state index in [9.17, 15) is 0 Å². The Bertz CT molecular complexity index is 5890. The summed E-state index contributed by atoms with van der Waals surface area (Å²) in [7, 11) is 0. The summed E-state index contributed by atoms with van der Waals surface area (Å²) in [5.74, 6) is 4.67. The fraction of sp³-hybridized carbons (Fsp3) is 0.214. The summed E-state index contributed by atoms with van der Waals surface area (Å²) in [6, 6.07) is 136. The van der Waals surface area contributed by atoms with Crippen LogP contribution in [0.3, 0.4) is 0 Å². The number of benzene rings is 15. The van der Waals surface area contributed by atoms with Gasteiger partial charge in [-0.1, -0.05) is 335 Å². The molecule has 0 unspecified atom stereocenters. The van der Waals surface area contributed by atoms with E-state index in [1.165, 1.54) is 209 Å². The molecule has 6 nitrogen and oxygen atoms in total. The van der Waals surface area contributed by atoms with Crippen molar-refractivity contribution in [3.8, 4) is 89.0 Å². The third kappa shape index (κ3) is 17.3. The van der Waals surface area contributed by atoms with Gasteiger partial charge in [-0.25, -0.2) is 0 Å². The Morgan fingerprint density at radius 2 is 0.551 bits per heavy atom. The van der Waals surface area contributed by atoms with Crippen LogP contribution < -0.4 is 16.0 Å². The first-order chi connectivity index (χ1) is 57.0. The predicted octanol–water partition coefficient (Wildman–Crippen LogP) is 30.2. The van der Waals surface area contributed by atoms with E-state index in [0.29, 0.717) is 18.0 Å². The molecular formula is C112H109N3O3. The molecule has 590 valence electrons. The summed E-state index contributed by atoms with van der Waals surface area (Å²) < 4.78 is 6.40. The predicted molar refractivity (Wildman–Crippen MR) is 500 cm³/mol. The largest absolute Gasteiger partial charge is 0.455 e. The molecule has 0 saturated heterocycles. The van der Waals surface area contributed by atoms with Crippen molar-refractivity contribution < 1.29 is 15.4 Å². The smallest absolute Gasteiger partial charge is 0.143 e. The molecule has 20 rings (SSSR count). The number of rotatable bonds is 17. The fourth-order valence-electron chi connectivity index (χ4n) is 20.5. The number of nitrogens with zero attached hydrogens (tertiary/aromatic N) is 2. The molecule has 0 bridgehead atoms. The molecule has 4 aliphatic rings. The minimum atomic E-state index is 0. The lowest BCUT2D eigenvalue weighted by atomic mass is 9.66. The molecule has 0 aliphatic heterocycles. The molecule has 118 heavy (non-hydrogen) atoms. The van der Waals surface area contributed by atoms with E-state index in [1.807, 2.05) is 12.1 Å². The Labute approximate surface area is 697 Å². The molecular weight excluding hydrogens is 1440 g/mol. The van der Waals surface area contributed by atoms with Gasteiger partial charge >= 0.3 is 0 Å². The third-order valence-electron chi connectivity index (χ3n) is 26.7. The Hall–Kier alpha value is -12.2. The molecule has 0 atom stereocenters. The number of hydrogen-bond donors (Lipinski definition) is 1. The van der Waals surface area contributed by atoms with Crippen LogP contribution in [0.25, 0.3) is 122 Å². The van der Waals surface area contributed by atoms with E-state index in [4.69, 9.17) is 4.42 Å². The third-order valence-corrected chi connectivity index (χ3v) is 26.7. The van der Waals surface area contributed by atoms with Crippen molar-refractivity contribution in [1.29, 1.82) is 0 Å². The van der Waals surface area contributed by atoms with E-state index in [-0.39, 0.29) is 17.1 Å². The zero-order chi connectivity index (χ0) is 76.6. The summed E-state index contributed by atoms with van der Waals surface area (Å²) in [6.07, 6.45) is 24.3. The second-order valence-electron chi connectivity index (χ2n) is 33.3. The van der Waals surface area contributed by atoms with Gasteiger partial charge in [0.15, 0.2) is 0 Å². The number of anilines is 4. The molecule has 1 heterocycles. The summed E-state index contributed by atoms with van der Waals surface area (Å²) in [4.78, 5) is 5.29. The Morgan fingerprint density at radius 3 is 1.05 bits per heavy atom. The van der Waals surface area contributed by atoms with Crippen LogP contribution in [0.4, 0.5) is 22.7 Å². The van der Waals surface area contributed by atoms with E-state index < -0.39 is 0 Å². The molecule has 4 fully saturated rings. The highest BCUT2D eigenvalue weighted by Crippen LogP contribution is 2.49. The van der Waals surface area contributed by atoms with Crippen molar-refractivity contribution in [2.24, 2.45) is 23.7 Å². The van der Waals surface area contributed by atoms with Crippen molar-refractivity contribution in [1.82, 2.24) is 6.15 Å². The molecule has 16 aromatic rings. The van der Waals surface area contributed by atoms with E-state index in [2.05, 4.69) is 368 Å². The molecule has 15 aromatic carbocycles. The average molecular weight is 1550 g/mol. The van der Waals surface area contributed by atoms with Crippen LogP contribution in [-0.4, -0.2) is 23.0 Å². The van der Waals surface area contributed by atoms with Crippen LogP contribution in [0.15, 0.2) is 374 Å². The van der Waals surface area contributed by atoms with Crippen LogP contribution in [-0.2, 0) is 0 Å². The van der Waals surface area contributed by atoms with Crippen molar-refractivity contribution in [3.63, 3.8) is 0 Å². The lowest BCUT2D eigenvalue weighted by molar-refractivity contribution is 0.118. The summed E-state index contributed by atoms with van der Waals surface area (Å²) in [5, 5.41) is 4.77. The summed E-state index contributed by atoms with van der Waals surface area (Å²) in [6.45, 7) is 0.